The van der Waals surface area contributed by atoms with Gasteiger partial charge in [0.15, 0.2) is 11.8 Å². The summed E-state index contributed by atoms with van der Waals surface area (Å²) in [5.74, 6) is 1.98. The molecule has 3 N–H and O–H groups in total. The third kappa shape index (κ3) is 10.4. The van der Waals surface area contributed by atoms with Crippen LogP contribution in [0.25, 0.3) is 0 Å². The third-order valence-corrected chi connectivity index (χ3v) is 3.25. The molecule has 0 aliphatic carbocycles. The Labute approximate surface area is 161 Å². The van der Waals surface area contributed by atoms with Crippen molar-refractivity contribution in [3.63, 3.8) is 0 Å². The lowest BCUT2D eigenvalue weighted by Gasteiger charge is -2.27. The molecule has 154 valence electrons. The summed E-state index contributed by atoms with van der Waals surface area (Å²) in [6.07, 6.45) is 1.10. The fraction of sp³-hybridized carbons (Fsp3) is 0.778. The van der Waals surface area contributed by atoms with Crippen LogP contribution in [0.3, 0.4) is 0 Å². The summed E-state index contributed by atoms with van der Waals surface area (Å²) in [4.78, 5) is 20.7. The van der Waals surface area contributed by atoms with Gasteiger partial charge in [0.05, 0.1) is 12.1 Å². The van der Waals surface area contributed by atoms with E-state index in [4.69, 9.17) is 9.26 Å². The molecule has 1 heterocycles. The zero-order chi connectivity index (χ0) is 20.5. The molecule has 9 heteroatoms. The number of hydrogen-bond donors (Lipinski definition) is 3. The number of rotatable bonds is 8. The van der Waals surface area contributed by atoms with Gasteiger partial charge in [-0.3, -0.25) is 4.99 Å². The number of aromatic nitrogens is 2. The first kappa shape index (κ1) is 22.7. The van der Waals surface area contributed by atoms with Crippen molar-refractivity contribution in [3.05, 3.63) is 11.7 Å². The van der Waals surface area contributed by atoms with Crippen LogP contribution in [0.5, 0.6) is 0 Å². The maximum Gasteiger partial charge on any atom is 0.408 e. The van der Waals surface area contributed by atoms with Gasteiger partial charge in [-0.1, -0.05) is 5.16 Å². The SMILES string of the molecule is CCNC(=NCC(C)(C)NC(=O)OC(C)(C)C)NCCCc1nc(C)no1. The number of amides is 1. The van der Waals surface area contributed by atoms with E-state index in [1.807, 2.05) is 41.5 Å². The van der Waals surface area contributed by atoms with Crippen molar-refractivity contribution < 1.29 is 14.1 Å². The van der Waals surface area contributed by atoms with Gasteiger partial charge in [0.1, 0.15) is 5.60 Å². The number of nitrogens with zero attached hydrogens (tertiary/aromatic N) is 3. The number of alkyl carbamates (subject to hydrolysis) is 1. The molecule has 0 spiro atoms. The highest BCUT2D eigenvalue weighted by atomic mass is 16.6. The normalized spacial score (nSPS) is 12.6. The summed E-state index contributed by atoms with van der Waals surface area (Å²) >= 11 is 0. The monoisotopic (exact) mass is 382 g/mol. The number of aryl methyl sites for hydroxylation is 2. The van der Waals surface area contributed by atoms with Crippen molar-refractivity contribution in [2.24, 2.45) is 4.99 Å². The van der Waals surface area contributed by atoms with Crippen LogP contribution in [-0.4, -0.2) is 53.0 Å². The summed E-state index contributed by atoms with van der Waals surface area (Å²) in [5.41, 5.74) is -1.07. The molecule has 1 aromatic rings. The molecule has 0 saturated carbocycles. The van der Waals surface area contributed by atoms with E-state index in [-0.39, 0.29) is 0 Å². The van der Waals surface area contributed by atoms with Crippen molar-refractivity contribution in [1.82, 2.24) is 26.1 Å². The minimum absolute atomic E-state index is 0.407. The molecule has 0 aliphatic heterocycles. The molecule has 0 atom stereocenters. The van der Waals surface area contributed by atoms with Crippen LogP contribution in [0.1, 0.15) is 59.7 Å². The van der Waals surface area contributed by atoms with Gasteiger partial charge < -0.3 is 25.2 Å². The summed E-state index contributed by atoms with van der Waals surface area (Å²) in [5, 5.41) is 13.1. The maximum absolute atomic E-state index is 12.0. The van der Waals surface area contributed by atoms with Gasteiger partial charge in [-0.2, -0.15) is 4.98 Å². The Kier molecular flexibility index (Phi) is 8.52. The summed E-state index contributed by atoms with van der Waals surface area (Å²) < 4.78 is 10.4. The van der Waals surface area contributed by atoms with Crippen molar-refractivity contribution in [3.8, 4) is 0 Å². The maximum atomic E-state index is 12.0. The van der Waals surface area contributed by atoms with Crippen molar-refractivity contribution >= 4 is 12.1 Å². The highest BCUT2D eigenvalue weighted by molar-refractivity contribution is 5.79. The lowest BCUT2D eigenvalue weighted by molar-refractivity contribution is 0.0476. The van der Waals surface area contributed by atoms with E-state index in [0.717, 1.165) is 13.0 Å². The van der Waals surface area contributed by atoms with Crippen LogP contribution in [0.2, 0.25) is 0 Å². The van der Waals surface area contributed by atoms with E-state index in [0.29, 0.717) is 37.2 Å². The van der Waals surface area contributed by atoms with Crippen LogP contribution in [0.4, 0.5) is 4.79 Å². The highest BCUT2D eigenvalue weighted by Gasteiger charge is 2.24. The molecule has 1 aromatic heterocycles. The van der Waals surface area contributed by atoms with Crippen LogP contribution in [0, 0.1) is 6.92 Å². The van der Waals surface area contributed by atoms with E-state index < -0.39 is 17.2 Å². The molecular weight excluding hydrogens is 348 g/mol. The summed E-state index contributed by atoms with van der Waals surface area (Å²) in [6, 6.07) is 0. The topological polar surface area (TPSA) is 114 Å². The third-order valence-electron chi connectivity index (χ3n) is 3.25. The molecule has 0 aromatic carbocycles. The van der Waals surface area contributed by atoms with Gasteiger partial charge in [0, 0.05) is 19.5 Å². The second-order valence-corrected chi connectivity index (χ2v) is 7.97. The number of nitrogens with one attached hydrogen (secondary N) is 3. The molecule has 0 aliphatic rings. The Morgan fingerprint density at radius 2 is 1.93 bits per heavy atom. The summed E-state index contributed by atoms with van der Waals surface area (Å²) in [6.45, 7) is 15.0. The molecular formula is C18H34N6O3. The number of carbonyl (C=O) groups is 1. The smallest absolute Gasteiger partial charge is 0.408 e. The molecule has 0 bridgehead atoms. The average Bonchev–Trinajstić information content (AvgIpc) is 2.92. The molecule has 9 nitrogen and oxygen atoms in total. The fourth-order valence-corrected chi connectivity index (χ4v) is 2.13. The van der Waals surface area contributed by atoms with Gasteiger partial charge in [0.25, 0.3) is 0 Å². The molecule has 0 unspecified atom stereocenters. The molecule has 0 radical (unpaired) electrons. The second-order valence-electron chi connectivity index (χ2n) is 7.97. The zero-order valence-corrected chi connectivity index (χ0v) is 17.6. The first-order valence-electron chi connectivity index (χ1n) is 9.33. The quantitative estimate of drug-likeness (QED) is 0.359. The molecule has 27 heavy (non-hydrogen) atoms. The average molecular weight is 383 g/mol. The van der Waals surface area contributed by atoms with E-state index >= 15 is 0 Å². The van der Waals surface area contributed by atoms with Gasteiger partial charge in [-0.15, -0.1) is 0 Å². The van der Waals surface area contributed by atoms with E-state index in [1.165, 1.54) is 0 Å². The van der Waals surface area contributed by atoms with Crippen LogP contribution in [-0.2, 0) is 11.2 Å². The zero-order valence-electron chi connectivity index (χ0n) is 17.6. The van der Waals surface area contributed by atoms with E-state index in [1.54, 1.807) is 6.92 Å². The number of ether oxygens (including phenoxy) is 1. The Morgan fingerprint density at radius 3 is 2.48 bits per heavy atom. The first-order valence-corrected chi connectivity index (χ1v) is 9.33. The Balaban J connectivity index is 2.47. The van der Waals surface area contributed by atoms with Gasteiger partial charge in [-0.25, -0.2) is 4.79 Å². The van der Waals surface area contributed by atoms with Crippen molar-refractivity contribution in [1.29, 1.82) is 0 Å². The number of carbonyl (C=O) groups excluding carboxylic acids is 1. The van der Waals surface area contributed by atoms with Crippen LogP contribution in [0.15, 0.2) is 9.52 Å². The van der Waals surface area contributed by atoms with Gasteiger partial charge in [0.2, 0.25) is 5.89 Å². The molecule has 0 fully saturated rings. The highest BCUT2D eigenvalue weighted by Crippen LogP contribution is 2.09. The minimum Gasteiger partial charge on any atom is -0.444 e. The lowest BCUT2D eigenvalue weighted by Crippen LogP contribution is -2.49. The number of guanidine groups is 1. The fourth-order valence-electron chi connectivity index (χ4n) is 2.13. The Bertz CT molecular complexity index is 619. The number of aliphatic imine (C=N–C) groups is 1. The predicted octanol–water partition coefficient (Wildman–Crippen LogP) is 2.17. The van der Waals surface area contributed by atoms with Crippen molar-refractivity contribution in [2.45, 2.75) is 72.4 Å². The standard InChI is InChI=1S/C18H34N6O3/c1-8-19-15(20-11-9-10-14-22-13(2)24-27-14)21-12-18(6,7)23-16(25)26-17(3,4)5/h8-12H2,1-7H3,(H,23,25)(H2,19,20,21). The van der Waals surface area contributed by atoms with E-state index in [2.05, 4.69) is 31.1 Å². The largest absolute Gasteiger partial charge is 0.444 e. The van der Waals surface area contributed by atoms with Crippen LogP contribution >= 0.6 is 0 Å². The molecule has 1 rings (SSSR count). The van der Waals surface area contributed by atoms with E-state index in [9.17, 15) is 4.79 Å². The summed E-state index contributed by atoms with van der Waals surface area (Å²) in [7, 11) is 0. The Morgan fingerprint density at radius 1 is 1.22 bits per heavy atom. The lowest BCUT2D eigenvalue weighted by atomic mass is 10.1. The van der Waals surface area contributed by atoms with Crippen molar-refractivity contribution in [2.75, 3.05) is 19.6 Å². The van der Waals surface area contributed by atoms with Gasteiger partial charge >= 0.3 is 6.09 Å². The van der Waals surface area contributed by atoms with Gasteiger partial charge in [-0.05, 0) is 54.9 Å². The van der Waals surface area contributed by atoms with Crippen LogP contribution < -0.4 is 16.0 Å². The molecule has 1 amide bonds. The number of hydrogen-bond acceptors (Lipinski definition) is 6. The minimum atomic E-state index is -0.536. The molecule has 0 saturated heterocycles. The second kappa shape index (κ2) is 10.1. The Hall–Kier alpha value is -2.32. The first-order chi connectivity index (χ1) is 12.5. The predicted molar refractivity (Wildman–Crippen MR) is 105 cm³/mol.